The van der Waals surface area contributed by atoms with Crippen LogP contribution in [0.1, 0.15) is 6.42 Å². The largest absolute Gasteiger partial charge is 0.489 e. The molecule has 2 aromatic heterocycles. The summed E-state index contributed by atoms with van der Waals surface area (Å²) in [5, 5.41) is 5.88. The Morgan fingerprint density at radius 2 is 2.12 bits per heavy atom. The van der Waals surface area contributed by atoms with Crippen LogP contribution in [0.5, 0.6) is 17.2 Å². The minimum Gasteiger partial charge on any atom is -0.489 e. The minimum atomic E-state index is 0.404. The van der Waals surface area contributed by atoms with Crippen molar-refractivity contribution in [1.82, 2.24) is 9.97 Å². The number of hydrogen-bond donors (Lipinski definition) is 1. The number of nitrogens with zero attached hydrogens (tertiary/aromatic N) is 2. The average molecular weight is 369 g/mol. The lowest BCUT2D eigenvalue weighted by Gasteiger charge is -2.15. The molecule has 0 saturated carbocycles. The van der Waals surface area contributed by atoms with Gasteiger partial charge >= 0.3 is 0 Å². The molecule has 7 heteroatoms. The first-order chi connectivity index (χ1) is 12.9. The van der Waals surface area contributed by atoms with E-state index in [0.717, 1.165) is 30.5 Å². The molecular weight excluding hydrogens is 350 g/mol. The number of ether oxygens (including phenoxy) is 3. The van der Waals surface area contributed by atoms with Crippen molar-refractivity contribution in [2.24, 2.45) is 5.92 Å². The summed E-state index contributed by atoms with van der Waals surface area (Å²) in [6, 6.07) is 11.5. The summed E-state index contributed by atoms with van der Waals surface area (Å²) < 4.78 is 17.3. The van der Waals surface area contributed by atoms with Gasteiger partial charge in [0.1, 0.15) is 11.5 Å². The number of nitrogens with one attached hydrogen (secondary N) is 1. The number of pyridine rings is 1. The molecule has 1 N–H and O–H groups in total. The van der Waals surface area contributed by atoms with Crippen molar-refractivity contribution in [3.8, 4) is 17.2 Å². The van der Waals surface area contributed by atoms with Gasteiger partial charge in [0.25, 0.3) is 0 Å². The highest BCUT2D eigenvalue weighted by Gasteiger charge is 2.18. The highest BCUT2D eigenvalue weighted by molar-refractivity contribution is 7.13. The molecule has 4 rings (SSSR count). The molecule has 134 valence electrons. The summed E-state index contributed by atoms with van der Waals surface area (Å²) in [5.74, 6) is 3.05. The standard InChI is InChI=1S/C19H19N3O3S/c1-2-4-15(5-3-1)25-16-10-17(24-13-14-6-8-23-12-14)18(21-11-16)22-19-20-7-9-26-19/h1-5,7,9-11,14H,6,8,12-13H2,(H,20,21,22). The van der Waals surface area contributed by atoms with E-state index in [0.29, 0.717) is 29.8 Å². The lowest BCUT2D eigenvalue weighted by molar-refractivity contribution is 0.167. The third kappa shape index (κ3) is 4.30. The minimum absolute atomic E-state index is 0.404. The summed E-state index contributed by atoms with van der Waals surface area (Å²) in [6.07, 6.45) is 4.44. The van der Waals surface area contributed by atoms with E-state index >= 15 is 0 Å². The molecule has 1 aliphatic rings. The normalized spacial score (nSPS) is 16.4. The molecule has 1 aromatic carbocycles. The van der Waals surface area contributed by atoms with Gasteiger partial charge in [-0.2, -0.15) is 0 Å². The second-order valence-corrected chi connectivity index (χ2v) is 6.83. The molecule has 0 radical (unpaired) electrons. The van der Waals surface area contributed by atoms with Crippen LogP contribution in [0.4, 0.5) is 10.9 Å². The van der Waals surface area contributed by atoms with Crippen LogP contribution in [0.2, 0.25) is 0 Å². The molecule has 26 heavy (non-hydrogen) atoms. The van der Waals surface area contributed by atoms with Crippen LogP contribution >= 0.6 is 11.3 Å². The molecule has 0 spiro atoms. The number of aromatic nitrogens is 2. The average Bonchev–Trinajstić information content (AvgIpc) is 3.36. The first-order valence-electron chi connectivity index (χ1n) is 8.47. The van der Waals surface area contributed by atoms with Crippen LogP contribution in [0.15, 0.2) is 54.2 Å². The maximum absolute atomic E-state index is 6.04. The predicted octanol–water partition coefficient (Wildman–Crippen LogP) is 4.49. The van der Waals surface area contributed by atoms with Crippen molar-refractivity contribution in [2.75, 3.05) is 25.1 Å². The van der Waals surface area contributed by atoms with Gasteiger partial charge in [-0.15, -0.1) is 11.3 Å². The van der Waals surface area contributed by atoms with Crippen molar-refractivity contribution in [1.29, 1.82) is 0 Å². The van der Waals surface area contributed by atoms with Crippen LogP contribution in [0, 0.1) is 5.92 Å². The molecule has 3 heterocycles. The molecule has 1 fully saturated rings. The molecule has 0 amide bonds. The molecule has 1 atom stereocenters. The quantitative estimate of drug-likeness (QED) is 0.662. The fraction of sp³-hybridized carbons (Fsp3) is 0.263. The Hall–Kier alpha value is -2.64. The first-order valence-corrected chi connectivity index (χ1v) is 9.35. The van der Waals surface area contributed by atoms with E-state index < -0.39 is 0 Å². The highest BCUT2D eigenvalue weighted by atomic mass is 32.1. The Bertz CT molecular complexity index is 821. The zero-order valence-electron chi connectivity index (χ0n) is 14.1. The van der Waals surface area contributed by atoms with E-state index in [2.05, 4.69) is 15.3 Å². The monoisotopic (exact) mass is 369 g/mol. The Labute approximate surface area is 155 Å². The number of anilines is 2. The van der Waals surface area contributed by atoms with Crippen LogP contribution in [-0.4, -0.2) is 29.8 Å². The van der Waals surface area contributed by atoms with E-state index in [-0.39, 0.29) is 0 Å². The summed E-state index contributed by atoms with van der Waals surface area (Å²) in [5.41, 5.74) is 0. The predicted molar refractivity (Wildman–Crippen MR) is 101 cm³/mol. The van der Waals surface area contributed by atoms with Gasteiger partial charge in [-0.3, -0.25) is 0 Å². The number of para-hydroxylation sites is 1. The van der Waals surface area contributed by atoms with E-state index in [1.807, 2.05) is 41.8 Å². The zero-order valence-corrected chi connectivity index (χ0v) is 14.9. The topological polar surface area (TPSA) is 65.5 Å². The Morgan fingerprint density at radius 3 is 2.88 bits per heavy atom. The number of rotatable bonds is 7. The Morgan fingerprint density at radius 1 is 1.19 bits per heavy atom. The lowest BCUT2D eigenvalue weighted by Crippen LogP contribution is -2.12. The molecule has 6 nitrogen and oxygen atoms in total. The molecule has 0 bridgehead atoms. The van der Waals surface area contributed by atoms with Crippen molar-refractivity contribution in [3.63, 3.8) is 0 Å². The third-order valence-corrected chi connectivity index (χ3v) is 4.65. The SMILES string of the molecule is c1ccc(Oc2cnc(Nc3nccs3)c(OCC3CCOC3)c2)cc1. The van der Waals surface area contributed by atoms with Crippen LogP contribution < -0.4 is 14.8 Å². The summed E-state index contributed by atoms with van der Waals surface area (Å²) in [6.45, 7) is 2.12. The second kappa shape index (κ2) is 8.16. The van der Waals surface area contributed by atoms with Crippen LogP contribution in [0.3, 0.4) is 0 Å². The van der Waals surface area contributed by atoms with E-state index in [9.17, 15) is 0 Å². The smallest absolute Gasteiger partial charge is 0.188 e. The highest BCUT2D eigenvalue weighted by Crippen LogP contribution is 2.32. The maximum atomic E-state index is 6.04. The van der Waals surface area contributed by atoms with Crippen molar-refractivity contribution >= 4 is 22.3 Å². The lowest BCUT2D eigenvalue weighted by atomic mass is 10.1. The van der Waals surface area contributed by atoms with Gasteiger partial charge in [0, 0.05) is 30.2 Å². The van der Waals surface area contributed by atoms with Gasteiger partial charge in [0.2, 0.25) is 0 Å². The zero-order chi connectivity index (χ0) is 17.6. The summed E-state index contributed by atoms with van der Waals surface area (Å²) in [4.78, 5) is 8.71. The van der Waals surface area contributed by atoms with Crippen LogP contribution in [-0.2, 0) is 4.74 Å². The van der Waals surface area contributed by atoms with Crippen molar-refractivity contribution in [2.45, 2.75) is 6.42 Å². The molecule has 1 aliphatic heterocycles. The second-order valence-electron chi connectivity index (χ2n) is 5.94. The Kier molecular flexibility index (Phi) is 5.27. The van der Waals surface area contributed by atoms with E-state index in [1.54, 1.807) is 12.4 Å². The molecular formula is C19H19N3O3S. The first kappa shape index (κ1) is 16.8. The maximum Gasteiger partial charge on any atom is 0.188 e. The fourth-order valence-electron chi connectivity index (χ4n) is 2.62. The molecule has 1 saturated heterocycles. The number of benzene rings is 1. The summed E-state index contributed by atoms with van der Waals surface area (Å²) in [7, 11) is 0. The van der Waals surface area contributed by atoms with Crippen molar-refractivity contribution in [3.05, 3.63) is 54.2 Å². The van der Waals surface area contributed by atoms with Gasteiger partial charge in [0.15, 0.2) is 16.7 Å². The van der Waals surface area contributed by atoms with Crippen LogP contribution in [0.25, 0.3) is 0 Å². The van der Waals surface area contributed by atoms with Gasteiger partial charge < -0.3 is 19.5 Å². The van der Waals surface area contributed by atoms with Crippen molar-refractivity contribution < 1.29 is 14.2 Å². The van der Waals surface area contributed by atoms with E-state index in [1.165, 1.54) is 11.3 Å². The Balaban J connectivity index is 1.53. The molecule has 3 aromatic rings. The fourth-order valence-corrected chi connectivity index (χ4v) is 3.15. The number of thiazole rings is 1. The summed E-state index contributed by atoms with van der Waals surface area (Å²) >= 11 is 1.51. The molecule has 1 unspecified atom stereocenters. The molecule has 0 aliphatic carbocycles. The van der Waals surface area contributed by atoms with Gasteiger partial charge in [-0.1, -0.05) is 18.2 Å². The van der Waals surface area contributed by atoms with Gasteiger partial charge in [-0.25, -0.2) is 9.97 Å². The number of hydrogen-bond acceptors (Lipinski definition) is 7. The van der Waals surface area contributed by atoms with Gasteiger partial charge in [0.05, 0.1) is 19.4 Å². The van der Waals surface area contributed by atoms with Gasteiger partial charge in [-0.05, 0) is 18.6 Å². The van der Waals surface area contributed by atoms with E-state index in [4.69, 9.17) is 14.2 Å². The third-order valence-electron chi connectivity index (χ3n) is 3.96.